The molecule has 2 N–H and O–H groups in total. The van der Waals surface area contributed by atoms with E-state index in [-0.39, 0.29) is 37.8 Å². The third kappa shape index (κ3) is 7.41. The van der Waals surface area contributed by atoms with E-state index in [0.717, 1.165) is 45.2 Å². The van der Waals surface area contributed by atoms with Gasteiger partial charge >= 0.3 is 6.18 Å². The molecule has 228 valence electrons. The number of ether oxygens (including phenoxy) is 1. The van der Waals surface area contributed by atoms with Crippen LogP contribution < -0.4 is 10.1 Å². The van der Waals surface area contributed by atoms with Gasteiger partial charge in [-0.1, -0.05) is 0 Å². The second-order valence-corrected chi connectivity index (χ2v) is 12.6. The fraction of sp³-hybridized carbons (Fsp3) is 0.500. The molecule has 42 heavy (non-hydrogen) atoms. The summed E-state index contributed by atoms with van der Waals surface area (Å²) in [5.41, 5.74) is -0.424. The molecule has 2 aromatic heterocycles. The number of nitrogens with one attached hydrogen (secondary N) is 1. The number of fused-ring (bicyclic) bond motifs is 1. The summed E-state index contributed by atoms with van der Waals surface area (Å²) in [5.74, 6) is 1.54. The van der Waals surface area contributed by atoms with Crippen molar-refractivity contribution in [3.8, 4) is 17.2 Å². The van der Waals surface area contributed by atoms with Gasteiger partial charge in [0, 0.05) is 50.1 Å². The lowest BCUT2D eigenvalue weighted by Gasteiger charge is -2.31. The first kappa shape index (κ1) is 30.3. The molecule has 0 aliphatic carbocycles. The maximum absolute atomic E-state index is 13.9. The van der Waals surface area contributed by atoms with Crippen LogP contribution in [-0.4, -0.2) is 78.3 Å². The smallest absolute Gasteiger partial charge is 0.420 e. The van der Waals surface area contributed by atoms with Gasteiger partial charge in [0.1, 0.15) is 29.4 Å². The standard InChI is InChI=1S/C28H34F3N5O5S/c1-42(38,39)36-12-8-24-20(18-36)16-25(41-24)26-23(28(29,30)31)17-32-27(34-26)33-21-2-4-22(5-3-21)40-15-13-35-10-6-19(7-11-35)9-14-37/h2-5,16-17,19,37H,6-15,18H2,1H3,(H,32,33,34). The number of rotatable bonds is 10. The van der Waals surface area contributed by atoms with E-state index in [1.165, 1.54) is 10.4 Å². The van der Waals surface area contributed by atoms with Crippen LogP contribution in [0.3, 0.4) is 0 Å². The Labute approximate surface area is 242 Å². The number of sulfonamides is 1. The maximum atomic E-state index is 13.9. The average molecular weight is 610 g/mol. The first-order valence-electron chi connectivity index (χ1n) is 13.8. The van der Waals surface area contributed by atoms with Crippen LogP contribution >= 0.6 is 0 Å². The van der Waals surface area contributed by atoms with Crippen molar-refractivity contribution in [1.82, 2.24) is 19.2 Å². The number of nitrogens with zero attached hydrogens (tertiary/aromatic N) is 4. The first-order valence-corrected chi connectivity index (χ1v) is 15.7. The molecular weight excluding hydrogens is 575 g/mol. The Balaban J connectivity index is 1.24. The molecule has 0 radical (unpaired) electrons. The summed E-state index contributed by atoms with van der Waals surface area (Å²) >= 11 is 0. The van der Waals surface area contributed by atoms with Crippen LogP contribution in [0.25, 0.3) is 11.5 Å². The normalized spacial score (nSPS) is 17.3. The molecule has 1 fully saturated rings. The molecule has 1 aromatic carbocycles. The Hall–Kier alpha value is -3.20. The maximum Gasteiger partial charge on any atom is 0.420 e. The highest BCUT2D eigenvalue weighted by Gasteiger charge is 2.37. The van der Waals surface area contributed by atoms with Crippen LogP contribution in [0.4, 0.5) is 24.8 Å². The number of aliphatic hydroxyl groups is 1. The van der Waals surface area contributed by atoms with E-state index in [4.69, 9.17) is 14.3 Å². The molecule has 0 unspecified atom stereocenters. The number of hydrogen-bond donors (Lipinski definition) is 2. The van der Waals surface area contributed by atoms with Gasteiger partial charge in [0.05, 0.1) is 6.26 Å². The lowest BCUT2D eigenvalue weighted by Crippen LogP contribution is -2.36. The van der Waals surface area contributed by atoms with E-state index in [1.807, 2.05) is 0 Å². The van der Waals surface area contributed by atoms with Crippen molar-refractivity contribution in [2.24, 2.45) is 5.92 Å². The molecule has 1 saturated heterocycles. The average Bonchev–Trinajstić information content (AvgIpc) is 3.38. The fourth-order valence-electron chi connectivity index (χ4n) is 5.28. The van der Waals surface area contributed by atoms with E-state index >= 15 is 0 Å². The highest BCUT2D eigenvalue weighted by atomic mass is 32.2. The van der Waals surface area contributed by atoms with Crippen LogP contribution in [0.15, 0.2) is 40.9 Å². The van der Waals surface area contributed by atoms with Crippen molar-refractivity contribution < 1.29 is 35.8 Å². The predicted molar refractivity (Wildman–Crippen MR) is 150 cm³/mol. The third-order valence-corrected chi connectivity index (χ3v) is 8.91. The molecule has 14 heteroatoms. The largest absolute Gasteiger partial charge is 0.492 e. The van der Waals surface area contributed by atoms with Gasteiger partial charge in [-0.25, -0.2) is 18.4 Å². The molecule has 0 atom stereocenters. The minimum atomic E-state index is -4.73. The van der Waals surface area contributed by atoms with Crippen molar-refractivity contribution in [2.75, 3.05) is 51.0 Å². The lowest BCUT2D eigenvalue weighted by atomic mass is 9.94. The van der Waals surface area contributed by atoms with Crippen molar-refractivity contribution in [3.05, 3.63) is 53.4 Å². The highest BCUT2D eigenvalue weighted by molar-refractivity contribution is 7.88. The Morgan fingerprint density at radius 2 is 1.90 bits per heavy atom. The van der Waals surface area contributed by atoms with E-state index in [9.17, 15) is 21.6 Å². The third-order valence-electron chi connectivity index (χ3n) is 7.66. The first-order chi connectivity index (χ1) is 20.0. The lowest BCUT2D eigenvalue weighted by molar-refractivity contribution is -0.137. The zero-order chi connectivity index (χ0) is 29.9. The number of likely N-dealkylation sites (tertiary alicyclic amines) is 1. The van der Waals surface area contributed by atoms with Crippen molar-refractivity contribution in [3.63, 3.8) is 0 Å². The van der Waals surface area contributed by atoms with Gasteiger partial charge in [-0.05, 0) is 68.6 Å². The molecule has 0 amide bonds. The summed E-state index contributed by atoms with van der Waals surface area (Å²) in [6.07, 6.45) is 0.343. The van der Waals surface area contributed by atoms with Gasteiger partial charge < -0.3 is 19.6 Å². The molecule has 0 bridgehead atoms. The summed E-state index contributed by atoms with van der Waals surface area (Å²) in [6, 6.07) is 8.38. The Morgan fingerprint density at radius 1 is 1.17 bits per heavy atom. The van der Waals surface area contributed by atoms with Gasteiger partial charge in [0.15, 0.2) is 5.76 Å². The molecule has 0 saturated carbocycles. The van der Waals surface area contributed by atoms with Gasteiger partial charge in [0.25, 0.3) is 0 Å². The number of furan rings is 1. The Kier molecular flexibility index (Phi) is 9.06. The van der Waals surface area contributed by atoms with Gasteiger partial charge in [-0.2, -0.15) is 17.5 Å². The minimum absolute atomic E-state index is 0.0206. The van der Waals surface area contributed by atoms with E-state index < -0.39 is 27.5 Å². The topological polar surface area (TPSA) is 121 Å². The number of anilines is 2. The number of aliphatic hydroxyl groups excluding tert-OH is 1. The molecule has 10 nitrogen and oxygen atoms in total. The Bertz CT molecular complexity index is 1470. The molecule has 3 aromatic rings. The van der Waals surface area contributed by atoms with Crippen LogP contribution in [0.2, 0.25) is 0 Å². The van der Waals surface area contributed by atoms with Crippen LogP contribution in [-0.2, 0) is 29.2 Å². The second kappa shape index (κ2) is 12.6. The van der Waals surface area contributed by atoms with Gasteiger partial charge in [-0.15, -0.1) is 0 Å². The predicted octanol–water partition coefficient (Wildman–Crippen LogP) is 4.29. The highest BCUT2D eigenvalue weighted by Crippen LogP contribution is 2.38. The van der Waals surface area contributed by atoms with Crippen LogP contribution in [0, 0.1) is 5.92 Å². The molecule has 4 heterocycles. The number of benzene rings is 1. The summed E-state index contributed by atoms with van der Waals surface area (Å²) in [7, 11) is -3.46. The number of aromatic nitrogens is 2. The van der Waals surface area contributed by atoms with Crippen LogP contribution in [0.5, 0.6) is 5.75 Å². The number of alkyl halides is 3. The quantitative estimate of drug-likeness (QED) is 0.347. The monoisotopic (exact) mass is 609 g/mol. The number of halogens is 3. The zero-order valence-electron chi connectivity index (χ0n) is 23.2. The van der Waals surface area contributed by atoms with E-state index in [1.54, 1.807) is 24.3 Å². The summed E-state index contributed by atoms with van der Waals surface area (Å²) in [4.78, 5) is 10.4. The van der Waals surface area contributed by atoms with Crippen molar-refractivity contribution in [1.29, 1.82) is 0 Å². The second-order valence-electron chi connectivity index (χ2n) is 10.7. The number of piperidine rings is 1. The summed E-state index contributed by atoms with van der Waals surface area (Å²) in [6.45, 7) is 3.76. The Morgan fingerprint density at radius 3 is 2.57 bits per heavy atom. The SMILES string of the molecule is CS(=O)(=O)N1CCc2oc(-c3nc(Nc4ccc(OCCN5CCC(CCO)CC5)cc4)ncc3C(F)(F)F)cc2C1. The van der Waals surface area contributed by atoms with E-state index in [2.05, 4.69) is 20.2 Å². The molecule has 5 rings (SSSR count). The van der Waals surface area contributed by atoms with Gasteiger partial charge in [-0.3, -0.25) is 4.90 Å². The van der Waals surface area contributed by atoms with E-state index in [0.29, 0.717) is 41.5 Å². The zero-order valence-corrected chi connectivity index (χ0v) is 24.0. The molecule has 0 spiro atoms. The summed E-state index contributed by atoms with van der Waals surface area (Å²) < 4.78 is 78.3. The van der Waals surface area contributed by atoms with Crippen LogP contribution in [0.1, 0.15) is 36.1 Å². The van der Waals surface area contributed by atoms with Crippen molar-refractivity contribution in [2.45, 2.75) is 38.4 Å². The van der Waals surface area contributed by atoms with Gasteiger partial charge in [0.2, 0.25) is 16.0 Å². The van der Waals surface area contributed by atoms with Crippen molar-refractivity contribution >= 4 is 21.7 Å². The fourth-order valence-corrected chi connectivity index (χ4v) is 6.08. The molecule has 2 aliphatic rings. The number of hydrogen-bond acceptors (Lipinski definition) is 9. The molecule has 2 aliphatic heterocycles. The minimum Gasteiger partial charge on any atom is -0.492 e. The molecular formula is C28H34F3N5O5S. The summed E-state index contributed by atoms with van der Waals surface area (Å²) in [5, 5.41) is 12.0.